The van der Waals surface area contributed by atoms with Crippen LogP contribution in [0.5, 0.6) is 5.75 Å². The summed E-state index contributed by atoms with van der Waals surface area (Å²) in [7, 11) is 1.70. The number of rotatable bonds is 5. The van der Waals surface area contributed by atoms with Crippen LogP contribution >= 0.6 is 11.3 Å². The van der Waals surface area contributed by atoms with E-state index in [-0.39, 0.29) is 17.0 Å². The Morgan fingerprint density at radius 1 is 1.35 bits per heavy atom. The molecule has 0 amide bonds. The van der Waals surface area contributed by atoms with Gasteiger partial charge in [0.2, 0.25) is 5.52 Å². The number of aromatic nitrogens is 1. The first-order valence-corrected chi connectivity index (χ1v) is 7.32. The lowest BCUT2D eigenvalue weighted by atomic mass is 10.3. The normalized spacial score (nSPS) is 11.3. The molecule has 0 fully saturated rings. The van der Waals surface area contributed by atoms with Gasteiger partial charge in [0, 0.05) is 0 Å². The van der Waals surface area contributed by atoms with Crippen LogP contribution in [0.4, 0.5) is 0 Å². The standard InChI is InChI=1S/C15H20NO2S.BrH/c1-5-16-13-10-12(17-4)7-8-14(13)19-15(16)9-11(3)18-6-2;/h7-10H,5-6H2,1-4H3;1H/q+1;/p-1/b11-9+;. The Labute approximate surface area is 134 Å². The highest BCUT2D eigenvalue weighted by atomic mass is 79.9. The molecule has 1 aromatic heterocycles. The molecule has 0 saturated carbocycles. The van der Waals surface area contributed by atoms with Gasteiger partial charge >= 0.3 is 0 Å². The molecule has 1 heterocycles. The van der Waals surface area contributed by atoms with Crippen molar-refractivity contribution in [1.82, 2.24) is 0 Å². The van der Waals surface area contributed by atoms with Gasteiger partial charge in [0.15, 0.2) is 0 Å². The number of halogens is 1. The number of aryl methyl sites for hydroxylation is 1. The molecule has 0 spiro atoms. The number of methoxy groups -OCH3 is 1. The summed E-state index contributed by atoms with van der Waals surface area (Å²) in [5.41, 5.74) is 1.21. The molecule has 3 nitrogen and oxygen atoms in total. The molecule has 0 saturated heterocycles. The lowest BCUT2D eigenvalue weighted by Gasteiger charge is -2.00. The predicted octanol–water partition coefficient (Wildman–Crippen LogP) is 0.619. The average Bonchev–Trinajstić information content (AvgIpc) is 2.74. The van der Waals surface area contributed by atoms with E-state index in [1.54, 1.807) is 18.4 Å². The highest BCUT2D eigenvalue weighted by Crippen LogP contribution is 2.26. The molecular formula is C15H20BrNO2S. The fourth-order valence-electron chi connectivity index (χ4n) is 2.08. The van der Waals surface area contributed by atoms with Gasteiger partial charge in [0.05, 0.1) is 25.9 Å². The van der Waals surface area contributed by atoms with Crippen molar-refractivity contribution in [2.24, 2.45) is 0 Å². The van der Waals surface area contributed by atoms with Crippen LogP contribution in [0.15, 0.2) is 24.0 Å². The van der Waals surface area contributed by atoms with Crippen molar-refractivity contribution in [2.75, 3.05) is 13.7 Å². The molecule has 0 radical (unpaired) electrons. The second kappa shape index (κ2) is 7.64. The third kappa shape index (κ3) is 3.52. The smallest absolute Gasteiger partial charge is 0.266 e. The highest BCUT2D eigenvalue weighted by Gasteiger charge is 2.18. The number of benzene rings is 1. The fourth-order valence-corrected chi connectivity index (χ4v) is 3.28. The lowest BCUT2D eigenvalue weighted by Crippen LogP contribution is -3.00. The molecule has 2 aromatic rings. The molecule has 0 aliphatic rings. The van der Waals surface area contributed by atoms with E-state index in [4.69, 9.17) is 9.47 Å². The molecule has 20 heavy (non-hydrogen) atoms. The van der Waals surface area contributed by atoms with Gasteiger partial charge in [0.25, 0.3) is 5.01 Å². The third-order valence-electron chi connectivity index (χ3n) is 2.95. The van der Waals surface area contributed by atoms with Crippen LogP contribution in [-0.2, 0) is 11.3 Å². The summed E-state index contributed by atoms with van der Waals surface area (Å²) in [4.78, 5) is 0. The van der Waals surface area contributed by atoms with Crippen LogP contribution in [0.2, 0.25) is 0 Å². The zero-order chi connectivity index (χ0) is 13.8. The number of fused-ring (bicyclic) bond motifs is 1. The van der Waals surface area contributed by atoms with Gasteiger partial charge in [0.1, 0.15) is 22.8 Å². The van der Waals surface area contributed by atoms with Gasteiger partial charge in [-0.25, -0.2) is 0 Å². The maximum Gasteiger partial charge on any atom is 0.266 e. The number of nitrogens with zero attached hydrogens (tertiary/aromatic N) is 1. The summed E-state index contributed by atoms with van der Waals surface area (Å²) in [5, 5.41) is 1.21. The summed E-state index contributed by atoms with van der Waals surface area (Å²) < 4.78 is 14.4. The minimum absolute atomic E-state index is 0. The van der Waals surface area contributed by atoms with Crippen LogP contribution in [0.3, 0.4) is 0 Å². The monoisotopic (exact) mass is 357 g/mol. The quantitative estimate of drug-likeness (QED) is 0.578. The Kier molecular flexibility index (Phi) is 6.49. The topological polar surface area (TPSA) is 22.3 Å². The molecule has 0 unspecified atom stereocenters. The van der Waals surface area contributed by atoms with Crippen molar-refractivity contribution in [1.29, 1.82) is 0 Å². The van der Waals surface area contributed by atoms with Crippen LogP contribution in [0.1, 0.15) is 25.8 Å². The molecule has 0 aliphatic heterocycles. The number of thiazole rings is 1. The molecule has 1 aromatic carbocycles. The van der Waals surface area contributed by atoms with Gasteiger partial charge < -0.3 is 26.5 Å². The average molecular weight is 358 g/mol. The van der Waals surface area contributed by atoms with Crippen LogP contribution in [0, 0.1) is 0 Å². The van der Waals surface area contributed by atoms with E-state index >= 15 is 0 Å². The van der Waals surface area contributed by atoms with E-state index in [1.807, 2.05) is 19.9 Å². The zero-order valence-corrected chi connectivity index (χ0v) is 14.7. The Morgan fingerprint density at radius 2 is 2.10 bits per heavy atom. The SMILES string of the molecule is CCO/C(C)=C/c1sc2ccc(OC)cc2[n+]1CC.[Br-]. The molecule has 0 N–H and O–H groups in total. The van der Waals surface area contributed by atoms with Gasteiger partial charge in [-0.15, -0.1) is 0 Å². The number of ether oxygens (including phenoxy) is 2. The number of hydrogen-bond donors (Lipinski definition) is 0. The Bertz CT molecular complexity index is 607. The minimum atomic E-state index is 0. The second-order valence-electron chi connectivity index (χ2n) is 4.21. The van der Waals surface area contributed by atoms with Crippen LogP contribution in [-0.4, -0.2) is 13.7 Å². The molecule has 110 valence electrons. The van der Waals surface area contributed by atoms with Gasteiger partial charge in [-0.3, -0.25) is 0 Å². The lowest BCUT2D eigenvalue weighted by molar-refractivity contribution is -0.665. The first-order chi connectivity index (χ1) is 9.19. The molecule has 0 atom stereocenters. The van der Waals surface area contributed by atoms with Crippen molar-refractivity contribution in [2.45, 2.75) is 27.3 Å². The third-order valence-corrected chi connectivity index (χ3v) is 4.06. The minimum Gasteiger partial charge on any atom is -1.00 e. The molecule has 5 heteroatoms. The maximum absolute atomic E-state index is 5.52. The first kappa shape index (κ1) is 17.0. The predicted molar refractivity (Wildman–Crippen MR) is 79.5 cm³/mol. The van der Waals surface area contributed by atoms with Crippen LogP contribution < -0.4 is 26.3 Å². The second-order valence-corrected chi connectivity index (χ2v) is 5.27. The summed E-state index contributed by atoms with van der Waals surface area (Å²) in [6.07, 6.45) is 2.10. The molecule has 0 bridgehead atoms. The van der Waals surface area contributed by atoms with Crippen LogP contribution in [0.25, 0.3) is 16.3 Å². The van der Waals surface area contributed by atoms with Crippen molar-refractivity contribution in [3.63, 3.8) is 0 Å². The number of hydrogen-bond acceptors (Lipinski definition) is 3. The van der Waals surface area contributed by atoms with E-state index in [0.29, 0.717) is 6.61 Å². The summed E-state index contributed by atoms with van der Waals surface area (Å²) in [5.74, 6) is 1.84. The van der Waals surface area contributed by atoms with Crippen molar-refractivity contribution in [3.8, 4) is 5.75 Å². The Morgan fingerprint density at radius 3 is 2.70 bits per heavy atom. The molecule has 2 rings (SSSR count). The summed E-state index contributed by atoms with van der Waals surface area (Å²) in [6.45, 7) is 7.78. The number of allylic oxidation sites excluding steroid dienone is 1. The van der Waals surface area contributed by atoms with Gasteiger partial charge in [-0.05, 0) is 32.9 Å². The van der Waals surface area contributed by atoms with Crippen molar-refractivity contribution >= 4 is 27.6 Å². The van der Waals surface area contributed by atoms with E-state index in [9.17, 15) is 0 Å². The molecule has 0 aliphatic carbocycles. The fraction of sp³-hybridized carbons (Fsp3) is 0.400. The Balaban J connectivity index is 0.00000200. The summed E-state index contributed by atoms with van der Waals surface area (Å²) >= 11 is 1.77. The first-order valence-electron chi connectivity index (χ1n) is 6.51. The Hall–Kier alpha value is -1.07. The van der Waals surface area contributed by atoms with Crippen molar-refractivity contribution in [3.05, 3.63) is 29.0 Å². The van der Waals surface area contributed by atoms with Gasteiger partial charge in [-0.2, -0.15) is 4.57 Å². The van der Waals surface area contributed by atoms with E-state index in [2.05, 4.69) is 29.7 Å². The van der Waals surface area contributed by atoms with Crippen molar-refractivity contribution < 1.29 is 31.0 Å². The zero-order valence-electron chi connectivity index (χ0n) is 12.3. The largest absolute Gasteiger partial charge is 1.00 e. The maximum atomic E-state index is 5.52. The molecular weight excluding hydrogens is 338 g/mol. The van der Waals surface area contributed by atoms with E-state index in [0.717, 1.165) is 18.1 Å². The van der Waals surface area contributed by atoms with E-state index < -0.39 is 0 Å². The summed E-state index contributed by atoms with van der Waals surface area (Å²) in [6, 6.07) is 6.20. The highest BCUT2D eigenvalue weighted by molar-refractivity contribution is 7.18. The van der Waals surface area contributed by atoms with E-state index in [1.165, 1.54) is 15.2 Å². The van der Waals surface area contributed by atoms with Gasteiger partial charge in [-0.1, -0.05) is 11.3 Å².